The van der Waals surface area contributed by atoms with E-state index in [1.54, 1.807) is 48.5 Å². The summed E-state index contributed by atoms with van der Waals surface area (Å²) >= 11 is 0. The summed E-state index contributed by atoms with van der Waals surface area (Å²) in [5, 5.41) is 2.78. The van der Waals surface area contributed by atoms with Crippen molar-refractivity contribution in [1.82, 2.24) is 0 Å². The number of anilines is 2. The van der Waals surface area contributed by atoms with Gasteiger partial charge in [0, 0.05) is 17.7 Å². The molecule has 3 amide bonds. The van der Waals surface area contributed by atoms with Crippen LogP contribution in [0.15, 0.2) is 66.7 Å². The topological polar surface area (TPSA) is 84.9 Å². The fraction of sp³-hybridized carbons (Fsp3) is 0.0870. The number of ether oxygens (including phenoxy) is 2. The van der Waals surface area contributed by atoms with Crippen molar-refractivity contribution in [1.29, 1.82) is 0 Å². The Morgan fingerprint density at radius 1 is 0.800 bits per heavy atom. The van der Waals surface area contributed by atoms with E-state index in [2.05, 4.69) is 5.32 Å². The van der Waals surface area contributed by atoms with Crippen LogP contribution in [0.1, 0.15) is 31.1 Å². The molecule has 0 fully saturated rings. The third kappa shape index (κ3) is 3.16. The highest BCUT2D eigenvalue weighted by Gasteiger charge is 2.38. The van der Waals surface area contributed by atoms with E-state index in [9.17, 15) is 14.4 Å². The number of hydrogen-bond donors (Lipinski definition) is 1. The second-order valence-electron chi connectivity index (χ2n) is 6.54. The lowest BCUT2D eigenvalue weighted by molar-refractivity contribution is 0.0923. The minimum Gasteiger partial charge on any atom is -0.494 e. The first-order valence-corrected chi connectivity index (χ1v) is 9.15. The van der Waals surface area contributed by atoms with Crippen molar-refractivity contribution in [3.05, 3.63) is 83.4 Å². The Hall–Kier alpha value is -4.13. The normalized spacial score (nSPS) is 12.5. The quantitative estimate of drug-likeness (QED) is 0.657. The number of carbonyl (C=O) groups excluding carboxylic acids is 3. The highest BCUT2D eigenvalue weighted by atomic mass is 16.5. The van der Waals surface area contributed by atoms with Crippen molar-refractivity contribution < 1.29 is 23.9 Å². The maximum Gasteiger partial charge on any atom is 0.266 e. The molecule has 1 aliphatic rings. The molecule has 150 valence electrons. The van der Waals surface area contributed by atoms with Gasteiger partial charge >= 0.3 is 0 Å². The van der Waals surface area contributed by atoms with Gasteiger partial charge in [-0.25, -0.2) is 4.90 Å². The van der Waals surface area contributed by atoms with Crippen molar-refractivity contribution in [2.75, 3.05) is 24.4 Å². The minimum absolute atomic E-state index is 0.235. The van der Waals surface area contributed by atoms with Crippen LogP contribution in [0.2, 0.25) is 0 Å². The van der Waals surface area contributed by atoms with Gasteiger partial charge < -0.3 is 14.8 Å². The molecule has 0 unspecified atom stereocenters. The molecule has 0 bridgehead atoms. The molecule has 3 aromatic rings. The first kappa shape index (κ1) is 19.2. The average Bonchev–Trinajstić information content (AvgIpc) is 3.04. The lowest BCUT2D eigenvalue weighted by atomic mass is 10.1. The molecule has 4 rings (SSSR count). The molecule has 0 saturated heterocycles. The van der Waals surface area contributed by atoms with Gasteiger partial charge in [0.2, 0.25) is 0 Å². The van der Waals surface area contributed by atoms with Gasteiger partial charge in [0.1, 0.15) is 11.5 Å². The molecule has 30 heavy (non-hydrogen) atoms. The highest BCUT2D eigenvalue weighted by molar-refractivity contribution is 6.35. The number of benzene rings is 3. The molecule has 7 heteroatoms. The smallest absolute Gasteiger partial charge is 0.266 e. The largest absolute Gasteiger partial charge is 0.494 e. The van der Waals surface area contributed by atoms with E-state index < -0.39 is 11.8 Å². The van der Waals surface area contributed by atoms with E-state index in [4.69, 9.17) is 9.47 Å². The van der Waals surface area contributed by atoms with Crippen molar-refractivity contribution >= 4 is 29.1 Å². The van der Waals surface area contributed by atoms with Crippen LogP contribution in [0.5, 0.6) is 11.5 Å². The van der Waals surface area contributed by atoms with Crippen LogP contribution in [0.4, 0.5) is 11.4 Å². The fourth-order valence-corrected chi connectivity index (χ4v) is 3.35. The van der Waals surface area contributed by atoms with E-state index in [-0.39, 0.29) is 23.1 Å². The number of nitrogens with zero attached hydrogens (tertiary/aromatic N) is 1. The Morgan fingerprint density at radius 2 is 1.37 bits per heavy atom. The summed E-state index contributed by atoms with van der Waals surface area (Å²) in [5.41, 5.74) is 1.71. The number of nitrogens with one attached hydrogen (secondary N) is 1. The number of amides is 3. The van der Waals surface area contributed by atoms with E-state index in [0.717, 1.165) is 4.90 Å². The zero-order valence-corrected chi connectivity index (χ0v) is 16.3. The van der Waals surface area contributed by atoms with Crippen molar-refractivity contribution in [2.45, 2.75) is 0 Å². The van der Waals surface area contributed by atoms with Crippen molar-refractivity contribution in [2.24, 2.45) is 0 Å². The van der Waals surface area contributed by atoms with Crippen LogP contribution in [-0.2, 0) is 0 Å². The summed E-state index contributed by atoms with van der Waals surface area (Å²) in [5.74, 6) is -0.696. The van der Waals surface area contributed by atoms with Gasteiger partial charge in [-0.05, 0) is 24.3 Å². The van der Waals surface area contributed by atoms with Gasteiger partial charge in [-0.1, -0.05) is 30.3 Å². The molecule has 7 nitrogen and oxygen atoms in total. The summed E-state index contributed by atoms with van der Waals surface area (Å²) < 4.78 is 10.8. The molecule has 0 radical (unpaired) electrons. The van der Waals surface area contributed by atoms with E-state index in [1.165, 1.54) is 26.4 Å². The maximum atomic E-state index is 12.9. The van der Waals surface area contributed by atoms with Gasteiger partial charge in [-0.2, -0.15) is 0 Å². The first-order valence-electron chi connectivity index (χ1n) is 9.15. The molecule has 1 heterocycles. The van der Waals surface area contributed by atoms with Crippen molar-refractivity contribution in [3.8, 4) is 11.5 Å². The number of methoxy groups -OCH3 is 2. The zero-order valence-electron chi connectivity index (χ0n) is 16.3. The van der Waals surface area contributed by atoms with Gasteiger partial charge in [0.15, 0.2) is 0 Å². The lowest BCUT2D eigenvalue weighted by Crippen LogP contribution is -2.30. The fourth-order valence-electron chi connectivity index (χ4n) is 3.35. The third-order valence-electron chi connectivity index (χ3n) is 4.82. The predicted molar refractivity (Wildman–Crippen MR) is 112 cm³/mol. The van der Waals surface area contributed by atoms with Crippen LogP contribution in [-0.4, -0.2) is 31.9 Å². The van der Waals surface area contributed by atoms with E-state index >= 15 is 0 Å². The molecule has 1 N–H and O–H groups in total. The molecule has 0 saturated carbocycles. The molecule has 3 aromatic carbocycles. The highest BCUT2D eigenvalue weighted by Crippen LogP contribution is 2.41. The van der Waals surface area contributed by atoms with Gasteiger partial charge in [-0.3, -0.25) is 14.4 Å². The van der Waals surface area contributed by atoms with Crippen LogP contribution in [0, 0.1) is 0 Å². The summed E-state index contributed by atoms with van der Waals surface area (Å²) in [6.45, 7) is 0. The SMILES string of the molecule is COc1cc(N2C(=O)c3ccccc3C2=O)c(OC)cc1NC(=O)c1ccccc1. The van der Waals surface area contributed by atoms with E-state index in [0.29, 0.717) is 22.4 Å². The van der Waals surface area contributed by atoms with Gasteiger partial charge in [0.05, 0.1) is 36.7 Å². The molecule has 1 aliphatic heterocycles. The second-order valence-corrected chi connectivity index (χ2v) is 6.54. The molecular weight excluding hydrogens is 384 g/mol. The average molecular weight is 402 g/mol. The number of hydrogen-bond acceptors (Lipinski definition) is 5. The Kier molecular flexibility index (Phi) is 4.93. The number of imide groups is 1. The Balaban J connectivity index is 1.74. The summed E-state index contributed by atoms with van der Waals surface area (Å²) in [7, 11) is 2.86. The Labute approximate surface area is 172 Å². The zero-order chi connectivity index (χ0) is 21.3. The van der Waals surface area contributed by atoms with Crippen LogP contribution in [0.3, 0.4) is 0 Å². The van der Waals surface area contributed by atoms with Crippen LogP contribution < -0.4 is 19.7 Å². The Morgan fingerprint density at radius 3 is 1.93 bits per heavy atom. The van der Waals surface area contributed by atoms with Crippen LogP contribution >= 0.6 is 0 Å². The molecule has 0 spiro atoms. The number of fused-ring (bicyclic) bond motifs is 1. The van der Waals surface area contributed by atoms with Crippen molar-refractivity contribution in [3.63, 3.8) is 0 Å². The minimum atomic E-state index is -0.447. The third-order valence-corrected chi connectivity index (χ3v) is 4.82. The summed E-state index contributed by atoms with van der Waals surface area (Å²) in [6.07, 6.45) is 0. The molecule has 0 aromatic heterocycles. The standard InChI is InChI=1S/C23H18N2O5/c1-29-19-13-18(25-22(27)15-10-6-7-11-16(15)23(25)28)20(30-2)12-17(19)24-21(26)14-8-4-3-5-9-14/h3-13H,1-2H3,(H,24,26). The lowest BCUT2D eigenvalue weighted by Gasteiger charge is -2.20. The van der Waals surface area contributed by atoms with E-state index in [1.807, 2.05) is 6.07 Å². The maximum absolute atomic E-state index is 12.9. The van der Waals surface area contributed by atoms with Gasteiger partial charge in [0.25, 0.3) is 17.7 Å². The Bertz CT molecular complexity index is 1120. The first-order chi connectivity index (χ1) is 14.5. The number of rotatable bonds is 5. The van der Waals surface area contributed by atoms with Gasteiger partial charge in [-0.15, -0.1) is 0 Å². The molecular formula is C23H18N2O5. The number of carbonyl (C=O) groups is 3. The summed E-state index contributed by atoms with van der Waals surface area (Å²) in [6, 6.07) is 18.4. The van der Waals surface area contributed by atoms with Crippen LogP contribution in [0.25, 0.3) is 0 Å². The monoisotopic (exact) mass is 402 g/mol. The summed E-state index contributed by atoms with van der Waals surface area (Å²) in [4.78, 5) is 39.3. The predicted octanol–water partition coefficient (Wildman–Crippen LogP) is 3.76. The molecule has 0 atom stereocenters. The molecule has 0 aliphatic carbocycles. The second kappa shape index (κ2) is 7.71.